The van der Waals surface area contributed by atoms with E-state index in [2.05, 4.69) is 0 Å². The zero-order valence-electron chi connectivity index (χ0n) is 6.56. The molecule has 1 radical (unpaired) electrons. The van der Waals surface area contributed by atoms with E-state index in [0.717, 1.165) is 0 Å². The Morgan fingerprint density at radius 2 is 1.78 bits per heavy atom. The Bertz CT molecular complexity index is 88.9. The molecular formula is C7H13OY-. The van der Waals surface area contributed by atoms with Crippen molar-refractivity contribution in [3.05, 3.63) is 5.92 Å². The third-order valence-corrected chi connectivity index (χ3v) is 1.48. The van der Waals surface area contributed by atoms with Crippen molar-refractivity contribution in [2.45, 2.75) is 27.7 Å². The van der Waals surface area contributed by atoms with E-state index in [1.54, 1.807) is 6.92 Å². The van der Waals surface area contributed by atoms with Gasteiger partial charge in [-0.05, 0) is 6.92 Å². The fourth-order valence-corrected chi connectivity index (χ4v) is 0.407. The molecule has 1 unspecified atom stereocenters. The fraction of sp³-hybridized carbons (Fsp3) is 0.714. The zero-order valence-corrected chi connectivity index (χ0v) is 9.40. The maximum Gasteiger partial charge on any atom is 0.103 e. The van der Waals surface area contributed by atoms with Crippen LogP contribution in [0.5, 0.6) is 0 Å². The number of rotatable bonds is 2. The first-order valence-corrected chi connectivity index (χ1v) is 2.86. The molecule has 1 nitrogen and oxygen atoms in total. The molecule has 0 saturated heterocycles. The van der Waals surface area contributed by atoms with E-state index in [1.807, 2.05) is 20.8 Å². The van der Waals surface area contributed by atoms with Gasteiger partial charge in [-0.25, -0.2) is 0 Å². The van der Waals surface area contributed by atoms with Gasteiger partial charge in [0.05, 0.1) is 0 Å². The fourth-order valence-electron chi connectivity index (χ4n) is 0.407. The Balaban J connectivity index is 0. The molecule has 0 N–H and O–H groups in total. The summed E-state index contributed by atoms with van der Waals surface area (Å²) in [6, 6.07) is 0. The van der Waals surface area contributed by atoms with Crippen molar-refractivity contribution in [1.29, 1.82) is 0 Å². The van der Waals surface area contributed by atoms with E-state index in [4.69, 9.17) is 0 Å². The largest absolute Gasteiger partial charge is 0.310 e. The quantitative estimate of drug-likeness (QED) is 0.624. The maximum absolute atomic E-state index is 10.6. The van der Waals surface area contributed by atoms with E-state index >= 15 is 0 Å². The zero-order chi connectivity index (χ0) is 6.73. The van der Waals surface area contributed by atoms with Gasteiger partial charge >= 0.3 is 0 Å². The summed E-state index contributed by atoms with van der Waals surface area (Å²) in [5.41, 5.74) is 0. The monoisotopic (exact) mass is 202 g/mol. The van der Waals surface area contributed by atoms with Crippen LogP contribution in [0.2, 0.25) is 0 Å². The molecule has 0 aliphatic carbocycles. The molecule has 9 heavy (non-hydrogen) atoms. The molecule has 0 aromatic heterocycles. The summed E-state index contributed by atoms with van der Waals surface area (Å²) in [7, 11) is 0. The second-order valence-electron chi connectivity index (χ2n) is 2.41. The number of Topliss-reactive ketones (excluding diaryl/α,β-unsaturated/α-hetero) is 1. The number of carbonyl (C=O) groups excluding carboxylic acids is 1. The Morgan fingerprint density at radius 1 is 1.44 bits per heavy atom. The predicted octanol–water partition coefficient (Wildman–Crippen LogP) is 1.82. The van der Waals surface area contributed by atoms with Crippen LogP contribution in [0.25, 0.3) is 0 Å². The summed E-state index contributed by atoms with van der Waals surface area (Å²) in [5.74, 6) is 1.59. The van der Waals surface area contributed by atoms with Gasteiger partial charge < -0.3 is 10.7 Å². The van der Waals surface area contributed by atoms with E-state index in [1.165, 1.54) is 5.92 Å². The molecule has 0 aromatic carbocycles. The second kappa shape index (κ2) is 5.55. The van der Waals surface area contributed by atoms with Crippen LogP contribution in [-0.4, -0.2) is 5.78 Å². The molecule has 0 aliphatic heterocycles. The van der Waals surface area contributed by atoms with Crippen LogP contribution in [0.4, 0.5) is 0 Å². The summed E-state index contributed by atoms with van der Waals surface area (Å²) in [6.07, 6.45) is 0. The molecule has 0 amide bonds. The van der Waals surface area contributed by atoms with Crippen molar-refractivity contribution in [2.75, 3.05) is 0 Å². The van der Waals surface area contributed by atoms with Crippen LogP contribution in [0.3, 0.4) is 0 Å². The molecule has 0 saturated carbocycles. The van der Waals surface area contributed by atoms with Crippen LogP contribution in [0.1, 0.15) is 27.7 Å². The van der Waals surface area contributed by atoms with Crippen LogP contribution in [0, 0.1) is 11.8 Å². The number of ketones is 1. The van der Waals surface area contributed by atoms with Crippen LogP contribution >= 0.6 is 0 Å². The number of hydrogen-bond acceptors (Lipinski definition) is 1. The van der Waals surface area contributed by atoms with Crippen molar-refractivity contribution in [3.8, 4) is 0 Å². The van der Waals surface area contributed by atoms with Crippen molar-refractivity contribution < 1.29 is 37.5 Å². The van der Waals surface area contributed by atoms with Gasteiger partial charge in [-0.15, -0.1) is 5.92 Å². The molecule has 0 bridgehead atoms. The normalized spacial score (nSPS) is 12.6. The Morgan fingerprint density at radius 3 is 1.78 bits per heavy atom. The van der Waals surface area contributed by atoms with E-state index in [-0.39, 0.29) is 44.4 Å². The average molecular weight is 202 g/mol. The molecular weight excluding hydrogens is 189 g/mol. The number of carbonyl (C=O) groups is 1. The van der Waals surface area contributed by atoms with Crippen LogP contribution in [0.15, 0.2) is 0 Å². The van der Waals surface area contributed by atoms with Gasteiger partial charge in [0.1, 0.15) is 5.78 Å². The van der Waals surface area contributed by atoms with Gasteiger partial charge in [-0.3, -0.25) is 0 Å². The topological polar surface area (TPSA) is 17.1 Å². The summed E-state index contributed by atoms with van der Waals surface area (Å²) in [6.45, 7) is 7.51. The minimum atomic E-state index is 0. The summed E-state index contributed by atoms with van der Waals surface area (Å²) in [5, 5.41) is 0. The van der Waals surface area contributed by atoms with Crippen molar-refractivity contribution in [3.63, 3.8) is 0 Å². The first-order valence-electron chi connectivity index (χ1n) is 2.86. The van der Waals surface area contributed by atoms with Crippen LogP contribution < -0.4 is 0 Å². The van der Waals surface area contributed by atoms with E-state index in [0.29, 0.717) is 0 Å². The van der Waals surface area contributed by atoms with Crippen molar-refractivity contribution in [1.82, 2.24) is 0 Å². The standard InChI is InChI=1S/C7H13O.Y/c1-5(2)6(3)7(4)8;/h6H,1-4H3;/q-1;. The van der Waals surface area contributed by atoms with E-state index in [9.17, 15) is 4.79 Å². The molecule has 1 atom stereocenters. The third-order valence-electron chi connectivity index (χ3n) is 1.48. The summed E-state index contributed by atoms with van der Waals surface area (Å²) >= 11 is 0. The van der Waals surface area contributed by atoms with Gasteiger partial charge in [-0.2, -0.15) is 13.8 Å². The summed E-state index contributed by atoms with van der Waals surface area (Å²) in [4.78, 5) is 10.6. The molecule has 0 heterocycles. The number of hydrogen-bond donors (Lipinski definition) is 0. The Kier molecular flexibility index (Phi) is 7.68. The van der Waals surface area contributed by atoms with Gasteiger partial charge in [0.25, 0.3) is 0 Å². The SMILES string of the molecule is CC(=O)C(C)[C-](C)C.[Y]. The average Bonchev–Trinajstić information content (AvgIpc) is 1.64. The smallest absolute Gasteiger partial charge is 0.103 e. The molecule has 0 rings (SSSR count). The molecule has 51 valence electrons. The van der Waals surface area contributed by atoms with Gasteiger partial charge in [0.15, 0.2) is 0 Å². The Labute approximate surface area is 82.5 Å². The van der Waals surface area contributed by atoms with Gasteiger partial charge in [-0.1, -0.05) is 6.92 Å². The first-order chi connectivity index (χ1) is 3.55. The predicted molar refractivity (Wildman–Crippen MR) is 34.4 cm³/mol. The first kappa shape index (κ1) is 12.5. The van der Waals surface area contributed by atoms with Crippen molar-refractivity contribution >= 4 is 5.78 Å². The maximum atomic E-state index is 10.6. The second-order valence-corrected chi connectivity index (χ2v) is 2.41. The molecule has 0 aromatic rings. The summed E-state index contributed by atoms with van der Waals surface area (Å²) < 4.78 is 0. The minimum absolute atomic E-state index is 0. The third kappa shape index (κ3) is 5.23. The molecule has 0 aliphatic rings. The molecule has 0 fully saturated rings. The molecule has 2 heteroatoms. The van der Waals surface area contributed by atoms with Crippen LogP contribution in [-0.2, 0) is 37.5 Å². The van der Waals surface area contributed by atoms with Gasteiger partial charge in [0, 0.05) is 32.7 Å². The van der Waals surface area contributed by atoms with Gasteiger partial charge in [0.2, 0.25) is 0 Å². The minimum Gasteiger partial charge on any atom is -0.310 e. The Hall–Kier alpha value is 0.774. The van der Waals surface area contributed by atoms with Crippen molar-refractivity contribution in [2.24, 2.45) is 5.92 Å². The van der Waals surface area contributed by atoms with E-state index < -0.39 is 0 Å². The molecule has 0 spiro atoms.